The highest BCUT2D eigenvalue weighted by Gasteiger charge is 2.27. The summed E-state index contributed by atoms with van der Waals surface area (Å²) in [6.07, 6.45) is 29.6. The Hall–Kier alpha value is -15.4. The first-order valence-corrected chi connectivity index (χ1v) is 43.9. The highest BCUT2D eigenvalue weighted by Crippen LogP contribution is 2.36. The van der Waals surface area contributed by atoms with E-state index in [1.165, 1.54) is 84.7 Å². The quantitative estimate of drug-likeness (QED) is 0.0193. The molecular formula is C97H105F3N30O6S4. The molecule has 0 bridgehead atoms. The number of carbonyl (C=O) groups excluding carboxylic acids is 4. The van der Waals surface area contributed by atoms with Crippen LogP contribution < -0.4 is 62.6 Å². The van der Waals surface area contributed by atoms with Crippen LogP contribution in [0.2, 0.25) is 0 Å². The molecule has 724 valence electrons. The summed E-state index contributed by atoms with van der Waals surface area (Å²) in [4.78, 5) is 135. The lowest BCUT2D eigenvalue weighted by molar-refractivity contribution is 0.0952. The molecule has 140 heavy (non-hydrogen) atoms. The zero-order chi connectivity index (χ0) is 95.3. The lowest BCUT2D eigenvalue weighted by atomic mass is 9.95. The molecule has 10 N–H and O–H groups in total. The molecule has 16 aromatic rings. The average molecular weight is 1970 g/mol. The van der Waals surface area contributed by atoms with Gasteiger partial charge in [-0.1, -0.05) is 88.4 Å². The summed E-state index contributed by atoms with van der Waals surface area (Å²) in [7, 11) is 7.59. The van der Waals surface area contributed by atoms with Crippen molar-refractivity contribution in [2.24, 2.45) is 0 Å². The molecule has 0 aliphatic heterocycles. The van der Waals surface area contributed by atoms with Gasteiger partial charge in [0.25, 0.3) is 23.6 Å². The first kappa shape index (κ1) is 105. The number of carbonyl (C=O) groups is 4. The first-order chi connectivity index (χ1) is 66.2. The number of nitrogens with zero attached hydrogens (tertiary/aromatic N) is 20. The zero-order valence-corrected chi connectivity index (χ0v) is 81.9. The summed E-state index contributed by atoms with van der Waals surface area (Å²) in [5.74, 6) is 0.752. The molecule has 0 saturated heterocycles. The summed E-state index contributed by atoms with van der Waals surface area (Å²) in [6.45, 7) is 12.8. The molecule has 36 nitrogen and oxygen atoms in total. The van der Waals surface area contributed by atoms with Crippen LogP contribution in [-0.2, 0) is 0 Å². The van der Waals surface area contributed by atoms with Crippen molar-refractivity contribution in [1.29, 1.82) is 0 Å². The number of rotatable bonds is 31. The number of anilines is 6. The average Bonchev–Trinajstić information content (AvgIpc) is 1.45. The Morgan fingerprint density at radius 1 is 0.357 bits per heavy atom. The Bertz CT molecular complexity index is 6980. The van der Waals surface area contributed by atoms with Crippen LogP contribution in [0.3, 0.4) is 0 Å². The van der Waals surface area contributed by atoms with E-state index in [1.54, 1.807) is 99.2 Å². The number of fused-ring (bicyclic) bond motifs is 4. The van der Waals surface area contributed by atoms with Gasteiger partial charge in [0.15, 0.2) is 11.6 Å². The van der Waals surface area contributed by atoms with Crippen LogP contribution in [0.5, 0.6) is 12.0 Å². The number of hydrogen-bond acceptors (Lipinski definition) is 32. The van der Waals surface area contributed by atoms with Crippen molar-refractivity contribution in [3.63, 3.8) is 0 Å². The van der Waals surface area contributed by atoms with Crippen molar-refractivity contribution < 1.29 is 41.8 Å². The molecule has 2 fully saturated rings. The smallest absolute Gasteiger partial charge is 0.316 e. The van der Waals surface area contributed by atoms with E-state index in [9.17, 15) is 32.3 Å². The number of para-hydroxylation sites is 3. The van der Waals surface area contributed by atoms with E-state index in [2.05, 4.69) is 166 Å². The maximum atomic E-state index is 14.6. The van der Waals surface area contributed by atoms with Gasteiger partial charge >= 0.3 is 12.0 Å². The van der Waals surface area contributed by atoms with Gasteiger partial charge in [-0.05, 0) is 73.1 Å². The van der Waals surface area contributed by atoms with E-state index >= 15 is 0 Å². The summed E-state index contributed by atoms with van der Waals surface area (Å²) < 4.78 is 53.6. The lowest BCUT2D eigenvalue weighted by Gasteiger charge is -2.17. The molecular weight excluding hydrogens is 1870 g/mol. The van der Waals surface area contributed by atoms with Gasteiger partial charge in [0.1, 0.15) is 54.4 Å². The Balaban J connectivity index is 0.000000177. The topological polar surface area (TPSA) is 465 Å². The highest BCUT2D eigenvalue weighted by atomic mass is 32.1. The third-order valence-electron chi connectivity index (χ3n) is 22.5. The first-order valence-electron chi connectivity index (χ1n) is 43.9. The molecule has 12 heterocycles. The molecule has 12 aromatic heterocycles. The summed E-state index contributed by atoms with van der Waals surface area (Å²) >= 11 is 0. The number of pyridine rings is 4. The molecule has 0 radical (unpaired) electrons. The fourth-order valence-electron chi connectivity index (χ4n) is 14.9. The van der Waals surface area contributed by atoms with Crippen molar-refractivity contribution in [1.82, 2.24) is 121 Å². The van der Waals surface area contributed by atoms with Crippen LogP contribution in [0.4, 0.5) is 48.3 Å². The zero-order valence-electron chi connectivity index (χ0n) is 77.9. The Morgan fingerprint density at radius 2 is 0.686 bits per heavy atom. The monoisotopic (exact) mass is 1970 g/mol. The van der Waals surface area contributed by atoms with E-state index in [0.717, 1.165) is 92.2 Å². The minimum absolute atomic E-state index is 0. The largest absolute Gasteiger partial charge is 0.467 e. The normalized spacial score (nSPS) is 12.5. The molecule has 2 aliphatic rings. The van der Waals surface area contributed by atoms with E-state index in [1.807, 2.05) is 76.2 Å². The molecule has 18 rings (SSSR count). The number of halogens is 3. The summed E-state index contributed by atoms with van der Waals surface area (Å²) in [6, 6.07) is 32.1. The standard InChI is InChI=1S/C25H25FN8O.C25H26N8O.C24H24FN7O2.C23H22FN7O2.4H2S/c1-14(17-4-3-5-18-22(24(35)27-2)19(26)12-29-23(17)18)9-28-21-8-20(32-13-33-21)15-10-30-25(31-11-15)34-16-6-7-16;1-15(18-4-3-5-19-20(24(34)26-2)8-9-27-23(18)19)11-28-22-10-21(31-14-32-22)16-12-29-25(30-13-16)33-17-6-7-17;1-4-34-24-29-10-15(11-30-24)19-8-20(32-13-31-19)27-9-14(2)16-6-5-7-17-21(23(33)26-3)18(25)12-28-22(16)17;1-13(15-4-5-17(24)20-16(22(32)25-2)6-7-26-21(15)20)9-27-19-8-18(30-12-31-19)14-10-28-23(33-3)29-11-14;;;;/h3-5,8,10-14,16H,6-7,9H2,1-2H3,(H,27,35)(H,28,32,33)(H,30,31,34);3-5,8-10,12-15,17H,6-7,11H2,1-2H3,(H,26,34)(H,28,31,32)(H,29,30,33);5-8,10-14H,4,9H2,1-3H3,(H,26,33)(H,27,31,32);4-8,10-13H,9H2,1-3H3,(H,25,32)(H,27,30,31);4*1H2/t14-;15-;14-;13-;;;;/m1111..../s1. The molecule has 2 saturated carbocycles. The maximum Gasteiger partial charge on any atom is 0.316 e. The number of methoxy groups -OCH3 is 1. The second kappa shape index (κ2) is 49.6. The summed E-state index contributed by atoms with van der Waals surface area (Å²) in [5, 5.41) is 32.1. The van der Waals surface area contributed by atoms with Crippen LogP contribution in [0.15, 0.2) is 203 Å². The minimum atomic E-state index is -0.651. The van der Waals surface area contributed by atoms with Gasteiger partial charge in [0.2, 0.25) is 11.9 Å². The fourth-order valence-corrected chi connectivity index (χ4v) is 14.9. The van der Waals surface area contributed by atoms with Gasteiger partial charge in [-0.2, -0.15) is 54.0 Å². The van der Waals surface area contributed by atoms with Crippen LogP contribution in [0, 0.1) is 17.5 Å². The van der Waals surface area contributed by atoms with E-state index < -0.39 is 29.3 Å². The van der Waals surface area contributed by atoms with Crippen molar-refractivity contribution >= 4 is 156 Å². The highest BCUT2D eigenvalue weighted by molar-refractivity contribution is 7.59. The molecule has 0 spiro atoms. The minimum Gasteiger partial charge on any atom is -0.467 e. The van der Waals surface area contributed by atoms with Crippen molar-refractivity contribution in [2.45, 2.75) is 96.1 Å². The lowest BCUT2D eigenvalue weighted by Crippen LogP contribution is -2.20. The van der Waals surface area contributed by atoms with Crippen LogP contribution >= 0.6 is 54.0 Å². The number of aromatic nitrogens is 20. The Labute approximate surface area is 831 Å². The van der Waals surface area contributed by atoms with Gasteiger partial charge in [-0.3, -0.25) is 39.1 Å². The number of benzene rings is 4. The number of nitrogens with one attached hydrogen (secondary N) is 10. The van der Waals surface area contributed by atoms with Crippen molar-refractivity contribution in [3.05, 3.63) is 265 Å². The third-order valence-corrected chi connectivity index (χ3v) is 22.5. The van der Waals surface area contributed by atoms with Crippen molar-refractivity contribution in [2.75, 3.05) is 100.0 Å². The predicted molar refractivity (Wildman–Crippen MR) is 553 cm³/mol. The maximum absolute atomic E-state index is 14.6. The second-order valence-electron chi connectivity index (χ2n) is 31.9. The van der Waals surface area contributed by atoms with E-state index in [4.69, 9.17) is 9.47 Å². The number of hydrogen-bond donors (Lipinski definition) is 10. The van der Waals surface area contributed by atoms with Gasteiger partial charge in [0.05, 0.1) is 93.2 Å². The number of ether oxygens (including phenoxy) is 2. The van der Waals surface area contributed by atoms with Gasteiger partial charge in [-0.15, -0.1) is 0 Å². The Morgan fingerprint density at radius 3 is 1.04 bits per heavy atom. The molecule has 43 heteroatoms. The molecule has 0 unspecified atom stereocenters. The van der Waals surface area contributed by atoms with Gasteiger partial charge in [0, 0.05) is 220 Å². The Kier molecular flexibility index (Phi) is 37.2. The van der Waals surface area contributed by atoms with Crippen LogP contribution in [0.1, 0.15) is 148 Å². The molecule has 4 amide bonds. The van der Waals surface area contributed by atoms with Gasteiger partial charge < -0.3 is 62.6 Å². The molecule has 2 aliphatic carbocycles. The summed E-state index contributed by atoms with van der Waals surface area (Å²) in [5.41, 5.74) is 12.9. The SMILES string of the molecule is CCOc1ncc(-c2cc(NC[C@@H](C)c3cccc4c(C(=O)NC)c(F)cnc34)ncn2)cn1.CNC(=O)c1c(F)cnc2c([C@H](C)CNc3cc(-c4cnc(NC5CC5)nc4)ncn3)cccc12.CNC(=O)c1ccnc2c([C@H](C)CNc3cc(-c4cnc(NC5CC5)nc4)ncn3)cccc12.CNC(=O)c1ccnc2c([C@H](C)CNc3cc(-c4cnc(OC)nc4)ncn3)ccc(F)c12.S.S.S.S. The fraction of sp³-hybridized carbons (Fsp3) is 0.258. The molecule has 4 atom stereocenters. The second-order valence-corrected chi connectivity index (χ2v) is 31.9. The van der Waals surface area contributed by atoms with Crippen molar-refractivity contribution in [3.8, 4) is 57.1 Å². The van der Waals surface area contributed by atoms with Crippen LogP contribution in [0.25, 0.3) is 88.6 Å². The molecule has 4 aromatic carbocycles. The third kappa shape index (κ3) is 25.9. The van der Waals surface area contributed by atoms with Crippen LogP contribution in [-0.4, -0.2) is 203 Å². The van der Waals surface area contributed by atoms with E-state index in [0.29, 0.717) is 130 Å². The number of amides is 4. The van der Waals surface area contributed by atoms with Gasteiger partial charge in [-0.25, -0.2) is 92.9 Å². The predicted octanol–water partition coefficient (Wildman–Crippen LogP) is 14.7. The van der Waals surface area contributed by atoms with E-state index in [-0.39, 0.29) is 118 Å².